The third kappa shape index (κ3) is 2.95. The van der Waals surface area contributed by atoms with Crippen LogP contribution in [-0.4, -0.2) is 54.9 Å². The monoisotopic (exact) mass is 449 g/mol. The van der Waals surface area contributed by atoms with Crippen molar-refractivity contribution in [3.8, 4) is 5.88 Å². The molecule has 168 valence electrons. The average molecular weight is 450 g/mol. The van der Waals surface area contributed by atoms with Crippen LogP contribution in [0.3, 0.4) is 0 Å². The number of fused-ring (bicyclic) bond motifs is 3. The van der Waals surface area contributed by atoms with Gasteiger partial charge in [0, 0.05) is 67.0 Å². The minimum Gasteiger partial charge on any atom is -0.494 e. The van der Waals surface area contributed by atoms with Gasteiger partial charge in [0.25, 0.3) is 0 Å². The first-order valence-corrected chi connectivity index (χ1v) is 11.6. The quantitative estimate of drug-likeness (QED) is 0.492. The number of piperazine rings is 1. The van der Waals surface area contributed by atoms with Gasteiger partial charge in [-0.2, -0.15) is 0 Å². The van der Waals surface area contributed by atoms with Gasteiger partial charge >= 0.3 is 0 Å². The molecule has 2 aromatic carbocycles. The maximum Gasteiger partial charge on any atom is 0.197 e. The molecule has 0 bridgehead atoms. The second-order valence-corrected chi connectivity index (χ2v) is 8.90. The largest absolute Gasteiger partial charge is 0.494 e. The van der Waals surface area contributed by atoms with Gasteiger partial charge < -0.3 is 20.3 Å². The summed E-state index contributed by atoms with van der Waals surface area (Å²) in [4.78, 5) is 24.1. The lowest BCUT2D eigenvalue weighted by Crippen LogP contribution is -2.44. The molecule has 1 saturated heterocycles. The molecule has 2 atom stereocenters. The lowest BCUT2D eigenvalue weighted by Gasteiger charge is -2.29. The number of aromatic nitrogens is 1. The highest BCUT2D eigenvalue weighted by molar-refractivity contribution is 6.09. The van der Waals surface area contributed by atoms with E-state index in [1.807, 2.05) is 30.6 Å². The number of anilines is 1. The van der Waals surface area contributed by atoms with E-state index in [4.69, 9.17) is 9.98 Å². The number of rotatable bonds is 1. The summed E-state index contributed by atoms with van der Waals surface area (Å²) in [6.07, 6.45) is 9.55. The van der Waals surface area contributed by atoms with Crippen molar-refractivity contribution >= 4 is 40.3 Å². The van der Waals surface area contributed by atoms with Crippen LogP contribution in [0.5, 0.6) is 5.88 Å². The molecule has 3 N–H and O–H groups in total. The van der Waals surface area contributed by atoms with Crippen LogP contribution in [0.1, 0.15) is 0 Å². The van der Waals surface area contributed by atoms with E-state index in [-0.39, 0.29) is 18.0 Å². The van der Waals surface area contributed by atoms with Crippen molar-refractivity contribution in [2.24, 2.45) is 25.9 Å². The first-order valence-electron chi connectivity index (χ1n) is 11.6. The molecule has 1 aromatic heterocycles. The van der Waals surface area contributed by atoms with Crippen molar-refractivity contribution in [1.29, 1.82) is 0 Å². The number of allylic oxidation sites excluding steroid dienone is 1. The molecule has 0 amide bonds. The van der Waals surface area contributed by atoms with Crippen LogP contribution in [0.25, 0.3) is 22.2 Å². The van der Waals surface area contributed by atoms with Gasteiger partial charge in [0.1, 0.15) is 6.17 Å². The van der Waals surface area contributed by atoms with Gasteiger partial charge in [0.05, 0.1) is 16.1 Å². The third-order valence-corrected chi connectivity index (χ3v) is 6.97. The number of aromatic hydroxyl groups is 1. The van der Waals surface area contributed by atoms with E-state index >= 15 is 0 Å². The number of benzene rings is 2. The Morgan fingerprint density at radius 2 is 1.82 bits per heavy atom. The Balaban J connectivity index is 1.41. The molecule has 4 aliphatic rings. The second kappa shape index (κ2) is 7.50. The zero-order valence-electron chi connectivity index (χ0n) is 18.4. The van der Waals surface area contributed by atoms with E-state index < -0.39 is 0 Å². The minimum atomic E-state index is -0.101. The molecule has 3 aromatic rings. The fraction of sp³-hybridized carbons (Fsp3) is 0.231. The Hall–Kier alpha value is -4.04. The Morgan fingerprint density at radius 3 is 2.74 bits per heavy atom. The van der Waals surface area contributed by atoms with E-state index in [9.17, 15) is 5.11 Å². The molecule has 4 aliphatic heterocycles. The van der Waals surface area contributed by atoms with E-state index in [1.54, 1.807) is 6.21 Å². The number of aromatic amines is 1. The van der Waals surface area contributed by atoms with Crippen LogP contribution in [0.4, 0.5) is 5.69 Å². The topological polar surface area (TPSA) is 101 Å². The molecular formula is C26H23N7O. The minimum absolute atomic E-state index is 0.101. The van der Waals surface area contributed by atoms with Crippen LogP contribution in [0.2, 0.25) is 0 Å². The summed E-state index contributed by atoms with van der Waals surface area (Å²) in [5.74, 6) is 0.841. The highest BCUT2D eigenvalue weighted by Gasteiger charge is 2.28. The third-order valence-electron chi connectivity index (χ3n) is 6.97. The standard InChI is InChI=1S/C26H23N7O/c34-26-23-18(25-31-21-6-3-15(12-22(21)32-25)33-10-8-27-9-11-33)5-4-16(20(23)14-30-26)19-13-29-24-17(19)2-1-7-28-24/h1-7,12-14,17,24,27,30,34H,8-11H2. The highest BCUT2D eigenvalue weighted by atomic mass is 16.3. The predicted molar refractivity (Wildman–Crippen MR) is 133 cm³/mol. The number of nitrogens with zero attached hydrogens (tertiary/aromatic N) is 5. The summed E-state index contributed by atoms with van der Waals surface area (Å²) in [5.41, 5.74) is 2.27. The van der Waals surface area contributed by atoms with Crippen molar-refractivity contribution in [2.45, 2.75) is 6.17 Å². The Kier molecular flexibility index (Phi) is 4.28. The molecule has 2 unspecified atom stereocenters. The van der Waals surface area contributed by atoms with Gasteiger partial charge in [0.2, 0.25) is 0 Å². The lowest BCUT2D eigenvalue weighted by molar-refractivity contribution is 0.462. The lowest BCUT2D eigenvalue weighted by atomic mass is 9.94. The zero-order chi connectivity index (χ0) is 22.6. The first kappa shape index (κ1) is 19.4. The maximum absolute atomic E-state index is 10.7. The normalized spacial score (nSPS) is 25.9. The Bertz CT molecular complexity index is 1670. The van der Waals surface area contributed by atoms with E-state index in [0.717, 1.165) is 63.7 Å². The molecule has 0 saturated carbocycles. The van der Waals surface area contributed by atoms with Crippen LogP contribution in [-0.2, 0) is 0 Å². The fourth-order valence-corrected chi connectivity index (χ4v) is 5.25. The Morgan fingerprint density at radius 1 is 0.971 bits per heavy atom. The van der Waals surface area contributed by atoms with E-state index in [2.05, 4.69) is 49.5 Å². The molecule has 0 spiro atoms. The van der Waals surface area contributed by atoms with Crippen molar-refractivity contribution in [3.63, 3.8) is 0 Å². The maximum atomic E-state index is 10.7. The van der Waals surface area contributed by atoms with Crippen LogP contribution in [0.15, 0.2) is 68.7 Å². The molecule has 34 heavy (non-hydrogen) atoms. The summed E-state index contributed by atoms with van der Waals surface area (Å²) in [6.45, 7) is 3.94. The molecule has 1 fully saturated rings. The predicted octanol–water partition coefficient (Wildman–Crippen LogP) is 0.120. The van der Waals surface area contributed by atoms with Crippen molar-refractivity contribution in [2.75, 3.05) is 31.1 Å². The zero-order valence-corrected chi connectivity index (χ0v) is 18.4. The van der Waals surface area contributed by atoms with Gasteiger partial charge in [-0.3, -0.25) is 9.98 Å². The van der Waals surface area contributed by atoms with Gasteiger partial charge in [-0.05, 0) is 41.1 Å². The second-order valence-electron chi connectivity index (χ2n) is 8.90. The number of nitrogens with one attached hydrogen (secondary N) is 2. The summed E-state index contributed by atoms with van der Waals surface area (Å²) >= 11 is 0. The molecule has 8 heteroatoms. The first-order chi connectivity index (χ1) is 16.8. The van der Waals surface area contributed by atoms with E-state index in [1.165, 1.54) is 5.69 Å². The van der Waals surface area contributed by atoms with Gasteiger partial charge in [-0.25, -0.2) is 9.98 Å². The molecule has 7 rings (SSSR count). The number of dihydropyridines is 1. The summed E-state index contributed by atoms with van der Waals surface area (Å²) in [7, 11) is 0. The fourth-order valence-electron chi connectivity index (χ4n) is 5.25. The molecule has 0 radical (unpaired) electrons. The summed E-state index contributed by atoms with van der Waals surface area (Å²) in [5, 5.41) is 19.3. The number of aliphatic imine (C=N–C) groups is 2. The van der Waals surface area contributed by atoms with Gasteiger partial charge in [-0.1, -0.05) is 12.1 Å². The van der Waals surface area contributed by atoms with Crippen LogP contribution < -0.4 is 31.4 Å². The van der Waals surface area contributed by atoms with Gasteiger partial charge in [0.15, 0.2) is 11.7 Å². The van der Waals surface area contributed by atoms with Crippen molar-refractivity contribution < 1.29 is 5.11 Å². The Labute approximate surface area is 194 Å². The molecule has 8 nitrogen and oxygen atoms in total. The summed E-state index contributed by atoms with van der Waals surface area (Å²) in [6, 6.07) is 10.3. The average Bonchev–Trinajstić information content (AvgIpc) is 3.61. The highest BCUT2D eigenvalue weighted by Crippen LogP contribution is 2.28. The molecular weight excluding hydrogens is 426 g/mol. The van der Waals surface area contributed by atoms with E-state index in [0.29, 0.717) is 5.82 Å². The SMILES string of the molecule is Oc1[nH]cc2c(=C3C=NC4N=CC=CC34)ccc(=C3N=c4ccc(N5CCNCC5)cc4=N3)c12. The van der Waals surface area contributed by atoms with Crippen molar-refractivity contribution in [1.82, 2.24) is 10.3 Å². The smallest absolute Gasteiger partial charge is 0.197 e. The number of hydrogen-bond donors (Lipinski definition) is 3. The molecule has 5 heterocycles. The molecule has 0 aliphatic carbocycles. The van der Waals surface area contributed by atoms with Gasteiger partial charge in [-0.15, -0.1) is 0 Å². The van der Waals surface area contributed by atoms with Crippen LogP contribution >= 0.6 is 0 Å². The number of H-pyrrole nitrogens is 1. The van der Waals surface area contributed by atoms with Crippen molar-refractivity contribution in [3.05, 3.63) is 69.8 Å². The van der Waals surface area contributed by atoms with Crippen LogP contribution in [0, 0.1) is 5.92 Å². The number of hydrogen-bond acceptors (Lipinski definition) is 7. The summed E-state index contributed by atoms with van der Waals surface area (Å²) < 4.78 is 0.